The van der Waals surface area contributed by atoms with E-state index >= 15 is 0 Å². The molecule has 3 heterocycles. The van der Waals surface area contributed by atoms with Crippen LogP contribution < -0.4 is 5.32 Å². The van der Waals surface area contributed by atoms with Crippen LogP contribution >= 0.6 is 0 Å². The normalized spacial score (nSPS) is 26.3. The molecule has 1 aromatic carbocycles. The molecule has 0 saturated carbocycles. The van der Waals surface area contributed by atoms with E-state index in [1.54, 1.807) is 0 Å². The minimum absolute atomic E-state index is 0.00208. The lowest BCUT2D eigenvalue weighted by Gasteiger charge is -2.18. The van der Waals surface area contributed by atoms with Crippen LogP contribution in [0.2, 0.25) is 0 Å². The first kappa shape index (κ1) is 13.4. The smallest absolute Gasteiger partial charge is 0.230 e. The second-order valence-corrected chi connectivity index (χ2v) is 5.91. The fraction of sp³-hybridized carbons (Fsp3) is 0.467. The van der Waals surface area contributed by atoms with Gasteiger partial charge in [-0.25, -0.2) is 0 Å². The number of ether oxygens (including phenoxy) is 1. The van der Waals surface area contributed by atoms with Crippen molar-refractivity contribution in [2.45, 2.75) is 37.9 Å². The van der Waals surface area contributed by atoms with Crippen molar-refractivity contribution < 1.29 is 9.53 Å². The Bertz CT molecular complexity index is 655. The molecule has 2 aliphatic rings. The lowest BCUT2D eigenvalue weighted by atomic mass is 9.88. The number of aromatic amines is 1. The average Bonchev–Trinajstić information content (AvgIpc) is 3.26. The van der Waals surface area contributed by atoms with E-state index in [9.17, 15) is 4.79 Å². The molecule has 1 amide bonds. The molecule has 114 valence electrons. The van der Waals surface area contributed by atoms with Crippen molar-refractivity contribution in [1.82, 2.24) is 20.6 Å². The number of tetrazole rings is 1. The fourth-order valence-electron chi connectivity index (χ4n) is 3.29. The van der Waals surface area contributed by atoms with Gasteiger partial charge in [0.15, 0.2) is 5.82 Å². The molecule has 2 aromatic rings. The zero-order valence-corrected chi connectivity index (χ0v) is 12.0. The monoisotopic (exact) mass is 299 g/mol. The predicted octanol–water partition coefficient (Wildman–Crippen LogP) is 1.30. The molecule has 0 aliphatic carbocycles. The summed E-state index contributed by atoms with van der Waals surface area (Å²) in [5.41, 5.74) is 1.88. The van der Waals surface area contributed by atoms with E-state index in [1.165, 1.54) is 0 Å². The molecule has 1 aromatic heterocycles. The molecule has 7 heteroatoms. The van der Waals surface area contributed by atoms with Gasteiger partial charge in [0, 0.05) is 12.1 Å². The van der Waals surface area contributed by atoms with E-state index in [-0.39, 0.29) is 24.0 Å². The second-order valence-electron chi connectivity index (χ2n) is 5.91. The van der Waals surface area contributed by atoms with Gasteiger partial charge in [0.25, 0.3) is 0 Å². The van der Waals surface area contributed by atoms with E-state index in [4.69, 9.17) is 4.74 Å². The Morgan fingerprint density at radius 3 is 2.82 bits per heavy atom. The number of benzene rings is 1. The minimum Gasteiger partial charge on any atom is -0.374 e. The number of H-pyrrole nitrogens is 1. The topological polar surface area (TPSA) is 92.8 Å². The van der Waals surface area contributed by atoms with Crippen LogP contribution in [0, 0.1) is 5.92 Å². The highest BCUT2D eigenvalue weighted by atomic mass is 16.5. The fourth-order valence-corrected chi connectivity index (χ4v) is 3.29. The zero-order valence-electron chi connectivity index (χ0n) is 12.0. The Labute approximate surface area is 127 Å². The Balaban J connectivity index is 1.38. The van der Waals surface area contributed by atoms with Crippen molar-refractivity contribution in [3.8, 4) is 0 Å². The van der Waals surface area contributed by atoms with Gasteiger partial charge in [0.1, 0.15) is 0 Å². The summed E-state index contributed by atoms with van der Waals surface area (Å²) in [4.78, 5) is 12.3. The van der Waals surface area contributed by atoms with Gasteiger partial charge in [-0.3, -0.25) is 4.79 Å². The number of anilines is 1. The third kappa shape index (κ3) is 2.59. The number of nitrogens with one attached hydrogen (secondary N) is 2. The third-order valence-electron chi connectivity index (χ3n) is 4.42. The van der Waals surface area contributed by atoms with E-state index in [0.29, 0.717) is 12.2 Å². The number of carbonyl (C=O) groups is 1. The van der Waals surface area contributed by atoms with Crippen LogP contribution in [-0.4, -0.2) is 38.7 Å². The minimum atomic E-state index is -0.00208. The summed E-state index contributed by atoms with van der Waals surface area (Å²) in [5.74, 6) is 0.715. The number of hydrogen-bond donors (Lipinski definition) is 2. The molecule has 2 N–H and O–H groups in total. The van der Waals surface area contributed by atoms with Gasteiger partial charge < -0.3 is 10.1 Å². The van der Waals surface area contributed by atoms with E-state index in [2.05, 4.69) is 25.9 Å². The standard InChI is InChI=1S/C15H17N5O2/c21-15(12-8-11-5-6-13(12)22-11)16-10-3-1-9(2-4-10)7-14-17-19-20-18-14/h1-4,11-13H,5-8H2,(H,16,21)(H,17,18,19,20)/t11-,12-,13-/m1/s1. The van der Waals surface area contributed by atoms with Crippen molar-refractivity contribution in [2.75, 3.05) is 5.32 Å². The second kappa shape index (κ2) is 5.49. The molecule has 2 aliphatic heterocycles. The number of rotatable bonds is 4. The van der Waals surface area contributed by atoms with Crippen molar-refractivity contribution in [3.63, 3.8) is 0 Å². The first-order valence-corrected chi connectivity index (χ1v) is 7.55. The van der Waals surface area contributed by atoms with Gasteiger partial charge in [-0.2, -0.15) is 5.21 Å². The summed E-state index contributed by atoms with van der Waals surface area (Å²) in [5, 5.41) is 16.8. The molecular formula is C15H17N5O2. The molecule has 4 rings (SSSR count). The largest absolute Gasteiger partial charge is 0.374 e. The highest BCUT2D eigenvalue weighted by Gasteiger charge is 2.44. The van der Waals surface area contributed by atoms with E-state index < -0.39 is 0 Å². The molecule has 2 fully saturated rings. The number of aromatic nitrogens is 4. The van der Waals surface area contributed by atoms with Crippen LogP contribution in [-0.2, 0) is 16.0 Å². The highest BCUT2D eigenvalue weighted by molar-refractivity contribution is 5.93. The summed E-state index contributed by atoms with van der Waals surface area (Å²) >= 11 is 0. The molecule has 0 unspecified atom stereocenters. The summed E-state index contributed by atoms with van der Waals surface area (Å²) in [7, 11) is 0. The van der Waals surface area contributed by atoms with Gasteiger partial charge in [0.05, 0.1) is 18.1 Å². The number of fused-ring (bicyclic) bond motifs is 2. The van der Waals surface area contributed by atoms with E-state index in [1.807, 2.05) is 24.3 Å². The molecule has 7 nitrogen and oxygen atoms in total. The summed E-state index contributed by atoms with van der Waals surface area (Å²) in [6.45, 7) is 0. The van der Waals surface area contributed by atoms with Gasteiger partial charge >= 0.3 is 0 Å². The summed E-state index contributed by atoms with van der Waals surface area (Å²) < 4.78 is 5.74. The number of amides is 1. The lowest BCUT2D eigenvalue weighted by Crippen LogP contribution is -2.30. The molecule has 3 atom stereocenters. The van der Waals surface area contributed by atoms with Crippen LogP contribution in [0.25, 0.3) is 0 Å². The van der Waals surface area contributed by atoms with Crippen LogP contribution in [0.1, 0.15) is 30.7 Å². The van der Waals surface area contributed by atoms with Crippen molar-refractivity contribution in [3.05, 3.63) is 35.7 Å². The Kier molecular flexibility index (Phi) is 3.34. The molecule has 2 saturated heterocycles. The zero-order chi connectivity index (χ0) is 14.9. The summed E-state index contributed by atoms with van der Waals surface area (Å²) in [6, 6.07) is 7.73. The maximum absolute atomic E-state index is 12.3. The molecular weight excluding hydrogens is 282 g/mol. The van der Waals surface area contributed by atoms with Crippen LogP contribution in [0.4, 0.5) is 5.69 Å². The maximum Gasteiger partial charge on any atom is 0.230 e. The summed E-state index contributed by atoms with van der Waals surface area (Å²) in [6.07, 6.45) is 3.98. The van der Waals surface area contributed by atoms with Crippen LogP contribution in [0.3, 0.4) is 0 Å². The molecule has 0 spiro atoms. The van der Waals surface area contributed by atoms with Crippen molar-refractivity contribution >= 4 is 11.6 Å². The SMILES string of the molecule is O=C(Nc1ccc(Cc2nn[nH]n2)cc1)[C@@H]1C[C@H]2CC[C@H]1O2. The predicted molar refractivity (Wildman–Crippen MR) is 78.1 cm³/mol. The number of hydrogen-bond acceptors (Lipinski definition) is 5. The maximum atomic E-state index is 12.3. The Morgan fingerprint density at radius 2 is 2.18 bits per heavy atom. The van der Waals surface area contributed by atoms with Gasteiger partial charge in [-0.1, -0.05) is 17.3 Å². The van der Waals surface area contributed by atoms with Crippen LogP contribution in [0.15, 0.2) is 24.3 Å². The Hall–Kier alpha value is -2.28. The first-order chi connectivity index (χ1) is 10.8. The number of nitrogens with zero attached hydrogens (tertiary/aromatic N) is 3. The van der Waals surface area contributed by atoms with E-state index in [0.717, 1.165) is 30.5 Å². The molecule has 22 heavy (non-hydrogen) atoms. The van der Waals surface area contributed by atoms with Crippen LogP contribution in [0.5, 0.6) is 0 Å². The lowest BCUT2D eigenvalue weighted by molar-refractivity contribution is -0.121. The Morgan fingerprint density at radius 1 is 1.32 bits per heavy atom. The van der Waals surface area contributed by atoms with Crippen molar-refractivity contribution in [2.24, 2.45) is 5.92 Å². The quantitative estimate of drug-likeness (QED) is 0.887. The molecule has 0 radical (unpaired) electrons. The van der Waals surface area contributed by atoms with Gasteiger partial charge in [0.2, 0.25) is 5.91 Å². The first-order valence-electron chi connectivity index (χ1n) is 7.55. The molecule has 2 bridgehead atoms. The number of carbonyl (C=O) groups excluding carboxylic acids is 1. The average molecular weight is 299 g/mol. The third-order valence-corrected chi connectivity index (χ3v) is 4.42. The van der Waals surface area contributed by atoms with Gasteiger partial charge in [-0.15, -0.1) is 10.2 Å². The van der Waals surface area contributed by atoms with Gasteiger partial charge in [-0.05, 0) is 37.0 Å². The van der Waals surface area contributed by atoms with Crippen molar-refractivity contribution in [1.29, 1.82) is 0 Å². The highest BCUT2D eigenvalue weighted by Crippen LogP contribution is 2.39.